The molecule has 0 aromatic heterocycles. The molecule has 6 heteroatoms. The maximum absolute atomic E-state index is 13.1. The molecule has 0 saturated carbocycles. The fourth-order valence-electron chi connectivity index (χ4n) is 4.75. The number of carbonyl (C=O) groups excluding carboxylic acids is 1. The van der Waals surface area contributed by atoms with Gasteiger partial charge in [-0.2, -0.15) is 0 Å². The number of methoxy groups -OCH3 is 1. The van der Waals surface area contributed by atoms with Crippen LogP contribution in [0.4, 0.5) is 0 Å². The van der Waals surface area contributed by atoms with Crippen LogP contribution < -0.4 is 14.2 Å². The summed E-state index contributed by atoms with van der Waals surface area (Å²) < 4.78 is 16.1. The van der Waals surface area contributed by atoms with Crippen molar-refractivity contribution in [3.8, 4) is 17.2 Å². The van der Waals surface area contributed by atoms with E-state index in [-0.39, 0.29) is 12.7 Å². The average Bonchev–Trinajstić information content (AvgIpc) is 3.42. The quantitative estimate of drug-likeness (QED) is 0.736. The Bertz CT molecular complexity index is 928. The molecule has 2 aromatic carbocycles. The van der Waals surface area contributed by atoms with Crippen molar-refractivity contribution in [2.45, 2.75) is 19.3 Å². The molecule has 0 radical (unpaired) electrons. The van der Waals surface area contributed by atoms with E-state index in [0.29, 0.717) is 11.7 Å². The summed E-state index contributed by atoms with van der Waals surface area (Å²) in [6, 6.07) is 12.2. The molecule has 0 N–H and O–H groups in total. The van der Waals surface area contributed by atoms with Gasteiger partial charge >= 0.3 is 0 Å². The first-order valence-corrected chi connectivity index (χ1v) is 10.8. The monoisotopic (exact) mass is 408 g/mol. The Hall–Kier alpha value is -2.73. The Morgan fingerprint density at radius 2 is 1.90 bits per heavy atom. The van der Waals surface area contributed by atoms with E-state index in [1.807, 2.05) is 29.2 Å². The molecule has 3 aliphatic rings. The van der Waals surface area contributed by atoms with Crippen LogP contribution in [0.5, 0.6) is 17.2 Å². The predicted octanol–water partition coefficient (Wildman–Crippen LogP) is 2.99. The number of amides is 1. The van der Waals surface area contributed by atoms with Crippen LogP contribution in [0.15, 0.2) is 36.4 Å². The second-order valence-electron chi connectivity index (χ2n) is 8.42. The van der Waals surface area contributed by atoms with E-state index in [9.17, 15) is 4.79 Å². The highest BCUT2D eigenvalue weighted by molar-refractivity contribution is 5.97. The minimum atomic E-state index is 0.131. The summed E-state index contributed by atoms with van der Waals surface area (Å²) in [4.78, 5) is 17.6. The lowest BCUT2D eigenvalue weighted by Crippen LogP contribution is -2.41. The lowest BCUT2D eigenvalue weighted by Gasteiger charge is -2.31. The topological polar surface area (TPSA) is 51.2 Å². The highest BCUT2D eigenvalue weighted by atomic mass is 16.7. The lowest BCUT2D eigenvalue weighted by atomic mass is 9.97. The largest absolute Gasteiger partial charge is 0.497 e. The van der Waals surface area contributed by atoms with Crippen LogP contribution in [0, 0.1) is 5.92 Å². The summed E-state index contributed by atoms with van der Waals surface area (Å²) in [6.45, 7) is 5.10. The third-order valence-corrected chi connectivity index (χ3v) is 6.49. The molecule has 1 atom stereocenters. The van der Waals surface area contributed by atoms with Crippen LogP contribution in [-0.2, 0) is 12.8 Å². The Morgan fingerprint density at radius 1 is 1.10 bits per heavy atom. The molecule has 3 heterocycles. The van der Waals surface area contributed by atoms with Crippen LogP contribution in [-0.4, -0.2) is 62.3 Å². The van der Waals surface area contributed by atoms with Gasteiger partial charge in [-0.25, -0.2) is 0 Å². The van der Waals surface area contributed by atoms with Crippen molar-refractivity contribution in [2.75, 3.05) is 46.6 Å². The van der Waals surface area contributed by atoms with E-state index in [2.05, 4.69) is 17.0 Å². The number of likely N-dealkylation sites (tertiary alicyclic amines) is 1. The molecule has 1 saturated heterocycles. The standard InChI is InChI=1S/C24H28N2O4/c1-28-20-4-2-17(3-5-20)6-9-25-10-7-18(14-25)15-26-11-8-19-12-22-23(30-16-29-22)13-21(19)24(26)27/h2-5,12-13,18H,6-11,14-16H2,1H3. The fraction of sp³-hybridized carbons (Fsp3) is 0.458. The SMILES string of the molecule is COc1ccc(CCN2CCC(CN3CCc4cc5c(cc4C3=O)OCO5)C2)cc1. The van der Waals surface area contributed by atoms with Crippen molar-refractivity contribution in [2.24, 2.45) is 5.92 Å². The van der Waals surface area contributed by atoms with Gasteiger partial charge in [-0.15, -0.1) is 0 Å². The maximum Gasteiger partial charge on any atom is 0.254 e. The minimum absolute atomic E-state index is 0.131. The normalized spacial score (nSPS) is 20.5. The van der Waals surface area contributed by atoms with Crippen molar-refractivity contribution in [3.63, 3.8) is 0 Å². The van der Waals surface area contributed by atoms with E-state index in [0.717, 1.165) is 74.6 Å². The molecule has 0 spiro atoms. The maximum atomic E-state index is 13.1. The van der Waals surface area contributed by atoms with E-state index in [1.54, 1.807) is 7.11 Å². The summed E-state index contributed by atoms with van der Waals surface area (Å²) in [5.74, 6) is 3.02. The molecule has 1 amide bonds. The summed E-state index contributed by atoms with van der Waals surface area (Å²) in [5, 5.41) is 0. The molecular weight excluding hydrogens is 380 g/mol. The van der Waals surface area contributed by atoms with Gasteiger partial charge in [0.05, 0.1) is 7.11 Å². The van der Waals surface area contributed by atoms with Crippen molar-refractivity contribution >= 4 is 5.91 Å². The number of rotatable bonds is 6. The Labute approximate surface area is 177 Å². The van der Waals surface area contributed by atoms with Gasteiger partial charge in [-0.3, -0.25) is 4.79 Å². The van der Waals surface area contributed by atoms with Gasteiger partial charge in [0.15, 0.2) is 11.5 Å². The van der Waals surface area contributed by atoms with Gasteiger partial charge < -0.3 is 24.0 Å². The molecule has 6 nitrogen and oxygen atoms in total. The van der Waals surface area contributed by atoms with Gasteiger partial charge in [0.25, 0.3) is 5.91 Å². The third kappa shape index (κ3) is 3.84. The van der Waals surface area contributed by atoms with Gasteiger partial charge in [-0.05, 0) is 67.1 Å². The van der Waals surface area contributed by atoms with Crippen molar-refractivity contribution in [1.82, 2.24) is 9.80 Å². The van der Waals surface area contributed by atoms with Crippen molar-refractivity contribution in [3.05, 3.63) is 53.1 Å². The van der Waals surface area contributed by atoms with E-state index in [4.69, 9.17) is 14.2 Å². The number of ether oxygens (including phenoxy) is 3. The molecule has 30 heavy (non-hydrogen) atoms. The first-order valence-electron chi connectivity index (χ1n) is 10.8. The number of nitrogens with zero attached hydrogens (tertiary/aromatic N) is 2. The average molecular weight is 408 g/mol. The second kappa shape index (κ2) is 8.19. The number of benzene rings is 2. The first kappa shape index (κ1) is 19.2. The summed E-state index contributed by atoms with van der Waals surface area (Å²) in [6.07, 6.45) is 3.08. The van der Waals surface area contributed by atoms with Crippen LogP contribution in [0.1, 0.15) is 27.9 Å². The zero-order chi connectivity index (χ0) is 20.5. The molecule has 2 aromatic rings. The van der Waals surface area contributed by atoms with Gasteiger partial charge in [0.2, 0.25) is 6.79 Å². The molecule has 3 aliphatic heterocycles. The van der Waals surface area contributed by atoms with Crippen LogP contribution in [0.2, 0.25) is 0 Å². The van der Waals surface area contributed by atoms with Gasteiger partial charge in [-0.1, -0.05) is 12.1 Å². The van der Waals surface area contributed by atoms with Crippen LogP contribution in [0.3, 0.4) is 0 Å². The number of hydrogen-bond donors (Lipinski definition) is 0. The first-order chi connectivity index (χ1) is 14.7. The molecule has 0 aliphatic carbocycles. The molecule has 1 unspecified atom stereocenters. The van der Waals surface area contributed by atoms with Gasteiger partial charge in [0, 0.05) is 31.7 Å². The van der Waals surface area contributed by atoms with E-state index >= 15 is 0 Å². The number of fused-ring (bicyclic) bond motifs is 2. The van der Waals surface area contributed by atoms with E-state index < -0.39 is 0 Å². The van der Waals surface area contributed by atoms with E-state index in [1.165, 1.54) is 5.56 Å². The number of carbonyl (C=O) groups is 1. The highest BCUT2D eigenvalue weighted by Crippen LogP contribution is 2.37. The molecule has 5 rings (SSSR count). The molecule has 0 bridgehead atoms. The summed E-state index contributed by atoms with van der Waals surface area (Å²) >= 11 is 0. The lowest BCUT2D eigenvalue weighted by molar-refractivity contribution is 0.0712. The fourth-order valence-corrected chi connectivity index (χ4v) is 4.75. The summed E-state index contributed by atoms with van der Waals surface area (Å²) in [7, 11) is 1.69. The van der Waals surface area contributed by atoms with Crippen molar-refractivity contribution in [1.29, 1.82) is 0 Å². The summed E-state index contributed by atoms with van der Waals surface area (Å²) in [5.41, 5.74) is 3.19. The molecular formula is C24H28N2O4. The second-order valence-corrected chi connectivity index (χ2v) is 8.42. The number of hydrogen-bond acceptors (Lipinski definition) is 5. The molecule has 1 fully saturated rings. The van der Waals surface area contributed by atoms with Crippen LogP contribution in [0.25, 0.3) is 0 Å². The van der Waals surface area contributed by atoms with Gasteiger partial charge in [0.1, 0.15) is 5.75 Å². The Kier molecular flexibility index (Phi) is 5.25. The Balaban J connectivity index is 1.15. The predicted molar refractivity (Wildman–Crippen MR) is 113 cm³/mol. The highest BCUT2D eigenvalue weighted by Gasteiger charge is 2.31. The Morgan fingerprint density at radius 3 is 2.70 bits per heavy atom. The smallest absolute Gasteiger partial charge is 0.254 e. The zero-order valence-electron chi connectivity index (χ0n) is 17.4. The zero-order valence-corrected chi connectivity index (χ0v) is 17.4. The molecule has 158 valence electrons. The van der Waals surface area contributed by atoms with Crippen LogP contribution >= 0.6 is 0 Å². The third-order valence-electron chi connectivity index (χ3n) is 6.49. The minimum Gasteiger partial charge on any atom is -0.497 e. The van der Waals surface area contributed by atoms with Crippen molar-refractivity contribution < 1.29 is 19.0 Å².